The van der Waals surface area contributed by atoms with Crippen LogP contribution in [0.2, 0.25) is 0 Å². The predicted molar refractivity (Wildman–Crippen MR) is 81.5 cm³/mol. The first-order valence-corrected chi connectivity index (χ1v) is 8.01. The smallest absolute Gasteiger partial charge is 0.0708 e. The van der Waals surface area contributed by atoms with Crippen molar-refractivity contribution in [1.29, 1.82) is 0 Å². The molecule has 3 nitrogen and oxygen atoms in total. The van der Waals surface area contributed by atoms with Crippen LogP contribution in [0.5, 0.6) is 0 Å². The number of benzene rings is 1. The number of pyridine rings is 1. The van der Waals surface area contributed by atoms with Crippen molar-refractivity contribution in [2.45, 2.75) is 32.1 Å². The number of nitrogens with two attached hydrogens (primary N) is 1. The number of aryl methyl sites for hydroxylation is 1. The summed E-state index contributed by atoms with van der Waals surface area (Å²) in [5.41, 5.74) is 8.77. The van der Waals surface area contributed by atoms with Crippen LogP contribution in [0.25, 0.3) is 10.9 Å². The molecule has 0 aliphatic heterocycles. The van der Waals surface area contributed by atoms with Crippen molar-refractivity contribution < 1.29 is 4.21 Å². The Labute approximate surface area is 116 Å². The minimum absolute atomic E-state index is 0.111. The molecule has 1 aromatic carbocycles. The molecule has 0 radical (unpaired) electrons. The fourth-order valence-electron chi connectivity index (χ4n) is 2.08. The summed E-state index contributed by atoms with van der Waals surface area (Å²) in [6.45, 7) is 3.92. The molecule has 0 aliphatic rings. The maximum atomic E-state index is 12.1. The van der Waals surface area contributed by atoms with Gasteiger partial charge in [0.2, 0.25) is 0 Å². The first-order valence-electron chi connectivity index (χ1n) is 6.52. The Hall–Kier alpha value is -1.26. The summed E-state index contributed by atoms with van der Waals surface area (Å²) in [6.07, 6.45) is 0.800. The minimum Gasteiger partial charge on any atom is -0.328 e. The van der Waals surface area contributed by atoms with Gasteiger partial charge in [-0.1, -0.05) is 18.2 Å². The Kier molecular flexibility index (Phi) is 4.66. The van der Waals surface area contributed by atoms with Crippen LogP contribution in [0, 0.1) is 6.92 Å². The highest BCUT2D eigenvalue weighted by Crippen LogP contribution is 2.19. The Morgan fingerprint density at radius 1 is 1.37 bits per heavy atom. The lowest BCUT2D eigenvalue weighted by atomic mass is 10.1. The highest BCUT2D eigenvalue weighted by atomic mass is 32.2. The lowest BCUT2D eigenvalue weighted by Crippen LogP contribution is -2.18. The van der Waals surface area contributed by atoms with Gasteiger partial charge in [0.1, 0.15) is 0 Å². The van der Waals surface area contributed by atoms with Gasteiger partial charge in [0.25, 0.3) is 0 Å². The Balaban J connectivity index is 2.22. The van der Waals surface area contributed by atoms with Crippen molar-refractivity contribution in [3.63, 3.8) is 0 Å². The summed E-state index contributed by atoms with van der Waals surface area (Å²) >= 11 is 0. The fraction of sp³-hybridized carbons (Fsp3) is 0.400. The van der Waals surface area contributed by atoms with Gasteiger partial charge in [0.15, 0.2) is 0 Å². The number of fused-ring (bicyclic) bond motifs is 1. The second kappa shape index (κ2) is 6.26. The molecule has 0 saturated carbocycles. The van der Waals surface area contributed by atoms with E-state index in [1.807, 2.05) is 44.2 Å². The summed E-state index contributed by atoms with van der Waals surface area (Å²) in [4.78, 5) is 4.50. The molecular weight excluding hydrogens is 256 g/mol. The van der Waals surface area contributed by atoms with Crippen LogP contribution < -0.4 is 5.73 Å². The molecule has 0 bridgehead atoms. The van der Waals surface area contributed by atoms with Crippen LogP contribution in [0.1, 0.15) is 24.6 Å². The summed E-state index contributed by atoms with van der Waals surface area (Å²) in [6, 6.07) is 10.2. The lowest BCUT2D eigenvalue weighted by Gasteiger charge is -2.09. The monoisotopic (exact) mass is 276 g/mol. The summed E-state index contributed by atoms with van der Waals surface area (Å²) < 4.78 is 12.1. The van der Waals surface area contributed by atoms with Crippen molar-refractivity contribution in [1.82, 2.24) is 4.98 Å². The van der Waals surface area contributed by atoms with Crippen molar-refractivity contribution in [3.05, 3.63) is 41.6 Å². The van der Waals surface area contributed by atoms with E-state index in [2.05, 4.69) is 4.98 Å². The van der Waals surface area contributed by atoms with Crippen molar-refractivity contribution in [2.75, 3.05) is 5.75 Å². The average molecular weight is 276 g/mol. The number of hydrogen-bond acceptors (Lipinski definition) is 3. The van der Waals surface area contributed by atoms with Gasteiger partial charge in [0.05, 0.1) is 5.52 Å². The number of nitrogens with zero attached hydrogens (tertiary/aromatic N) is 1. The Morgan fingerprint density at radius 3 is 2.84 bits per heavy atom. The molecule has 4 heteroatoms. The molecule has 1 heterocycles. The highest BCUT2D eigenvalue weighted by Gasteiger charge is 2.08. The number of para-hydroxylation sites is 1. The number of rotatable bonds is 5. The van der Waals surface area contributed by atoms with Crippen LogP contribution in [0.3, 0.4) is 0 Å². The van der Waals surface area contributed by atoms with E-state index in [9.17, 15) is 4.21 Å². The molecule has 0 aliphatic carbocycles. The van der Waals surface area contributed by atoms with E-state index < -0.39 is 10.8 Å². The van der Waals surface area contributed by atoms with Gasteiger partial charge in [-0.3, -0.25) is 9.19 Å². The van der Waals surface area contributed by atoms with E-state index in [-0.39, 0.29) is 6.04 Å². The lowest BCUT2D eigenvalue weighted by molar-refractivity contribution is 0.667. The van der Waals surface area contributed by atoms with Gasteiger partial charge in [-0.25, -0.2) is 0 Å². The fourth-order valence-corrected chi connectivity index (χ4v) is 3.44. The van der Waals surface area contributed by atoms with Crippen LogP contribution in [0.4, 0.5) is 0 Å². The molecule has 2 atom stereocenters. The zero-order valence-corrected chi connectivity index (χ0v) is 12.2. The first-order chi connectivity index (χ1) is 9.06. The van der Waals surface area contributed by atoms with Gasteiger partial charge in [-0.15, -0.1) is 0 Å². The molecule has 2 unspecified atom stereocenters. The van der Waals surface area contributed by atoms with Gasteiger partial charge >= 0.3 is 0 Å². The third-order valence-corrected chi connectivity index (χ3v) is 4.37. The van der Waals surface area contributed by atoms with Crippen LogP contribution in [-0.4, -0.2) is 21.0 Å². The zero-order chi connectivity index (χ0) is 13.8. The molecule has 0 fully saturated rings. The maximum Gasteiger partial charge on any atom is 0.0708 e. The largest absolute Gasteiger partial charge is 0.328 e. The third-order valence-electron chi connectivity index (χ3n) is 3.05. The second-order valence-corrected chi connectivity index (χ2v) is 6.57. The van der Waals surface area contributed by atoms with E-state index in [0.717, 1.165) is 28.6 Å². The molecular formula is C15H20N2OS. The summed E-state index contributed by atoms with van der Waals surface area (Å²) in [5, 5.41) is 1.10. The maximum absolute atomic E-state index is 12.1. The quantitative estimate of drug-likeness (QED) is 0.913. The van der Waals surface area contributed by atoms with E-state index in [0.29, 0.717) is 11.5 Å². The van der Waals surface area contributed by atoms with Gasteiger partial charge in [-0.05, 0) is 38.0 Å². The van der Waals surface area contributed by atoms with Crippen molar-refractivity contribution in [2.24, 2.45) is 5.73 Å². The van der Waals surface area contributed by atoms with E-state index in [1.165, 1.54) is 0 Å². The number of aromatic nitrogens is 1. The second-order valence-electron chi connectivity index (χ2n) is 4.99. The topological polar surface area (TPSA) is 56.0 Å². The predicted octanol–water partition coefficient (Wildman–Crippen LogP) is 2.53. The normalized spacial score (nSPS) is 14.5. The van der Waals surface area contributed by atoms with E-state index in [1.54, 1.807) is 0 Å². The van der Waals surface area contributed by atoms with Crippen molar-refractivity contribution in [3.8, 4) is 0 Å². The van der Waals surface area contributed by atoms with Gasteiger partial charge in [-0.2, -0.15) is 0 Å². The molecule has 2 aromatic rings. The minimum atomic E-state index is -0.864. The average Bonchev–Trinajstić information content (AvgIpc) is 2.36. The number of hydrogen-bond donors (Lipinski definition) is 1. The first kappa shape index (κ1) is 14.2. The highest BCUT2D eigenvalue weighted by molar-refractivity contribution is 7.84. The third kappa shape index (κ3) is 3.85. The Bertz CT molecular complexity index is 596. The Morgan fingerprint density at radius 2 is 2.11 bits per heavy atom. The zero-order valence-electron chi connectivity index (χ0n) is 11.4. The SMILES string of the molecule is Cc1cc(CS(=O)CCC(C)N)c2ccccc2n1. The van der Waals surface area contributed by atoms with E-state index >= 15 is 0 Å². The van der Waals surface area contributed by atoms with Crippen LogP contribution in [0.15, 0.2) is 30.3 Å². The summed E-state index contributed by atoms with van der Waals surface area (Å²) in [5.74, 6) is 1.24. The molecule has 2 rings (SSSR count). The molecule has 2 N–H and O–H groups in total. The summed E-state index contributed by atoms with van der Waals surface area (Å²) in [7, 11) is -0.864. The molecule has 1 aromatic heterocycles. The van der Waals surface area contributed by atoms with Gasteiger partial charge in [0, 0.05) is 39.4 Å². The van der Waals surface area contributed by atoms with Crippen molar-refractivity contribution >= 4 is 21.7 Å². The van der Waals surface area contributed by atoms with Gasteiger partial charge < -0.3 is 5.73 Å². The molecule has 0 saturated heterocycles. The molecule has 102 valence electrons. The van der Waals surface area contributed by atoms with Crippen LogP contribution in [-0.2, 0) is 16.6 Å². The molecule has 19 heavy (non-hydrogen) atoms. The van der Waals surface area contributed by atoms with Crippen LogP contribution >= 0.6 is 0 Å². The molecule has 0 spiro atoms. The standard InChI is InChI=1S/C15H20N2OS/c1-11(16)7-8-19(18)10-13-9-12(2)17-15-6-4-3-5-14(13)15/h3-6,9,11H,7-8,10,16H2,1-2H3. The van der Waals surface area contributed by atoms with E-state index in [4.69, 9.17) is 5.73 Å². The molecule has 0 amide bonds.